The number of carboxylic acids is 1. The van der Waals surface area contributed by atoms with E-state index in [1.165, 1.54) is 0 Å². The van der Waals surface area contributed by atoms with E-state index >= 15 is 0 Å². The van der Waals surface area contributed by atoms with E-state index in [9.17, 15) is 9.90 Å². The van der Waals surface area contributed by atoms with Gasteiger partial charge in [-0.3, -0.25) is 4.79 Å². The minimum atomic E-state index is -0.996. The molecule has 0 saturated carbocycles. The lowest BCUT2D eigenvalue weighted by molar-refractivity contribution is -0.141. The molecule has 1 unspecified atom stereocenters. The topological polar surface area (TPSA) is 37.3 Å². The highest BCUT2D eigenvalue weighted by Crippen LogP contribution is 2.34. The summed E-state index contributed by atoms with van der Waals surface area (Å²) < 4.78 is 0. The van der Waals surface area contributed by atoms with E-state index in [2.05, 4.69) is 0 Å². The average Bonchev–Trinajstić information content (AvgIpc) is 2.67. The molecule has 0 aromatic heterocycles. The molecule has 0 spiro atoms. The molecule has 1 aliphatic rings. The van der Waals surface area contributed by atoms with E-state index in [1.807, 2.05) is 60.7 Å². The van der Waals surface area contributed by atoms with Crippen LogP contribution >= 0.6 is 0 Å². The lowest BCUT2D eigenvalue weighted by atomic mass is 9.75. The first-order valence-electron chi connectivity index (χ1n) is 5.98. The van der Waals surface area contributed by atoms with E-state index < -0.39 is 11.4 Å². The van der Waals surface area contributed by atoms with Crippen LogP contribution in [0.3, 0.4) is 0 Å². The van der Waals surface area contributed by atoms with Gasteiger partial charge in [-0.25, -0.2) is 0 Å². The van der Waals surface area contributed by atoms with Gasteiger partial charge in [-0.2, -0.15) is 0 Å². The number of allylic oxidation sites excluding steroid dienone is 5. The predicted octanol–water partition coefficient (Wildman–Crippen LogP) is 3.47. The van der Waals surface area contributed by atoms with Gasteiger partial charge in [0.25, 0.3) is 0 Å². The van der Waals surface area contributed by atoms with Crippen LogP contribution in [0.1, 0.15) is 18.9 Å². The maximum absolute atomic E-state index is 11.7. The van der Waals surface area contributed by atoms with Gasteiger partial charge < -0.3 is 5.11 Å². The van der Waals surface area contributed by atoms with Gasteiger partial charge in [0.15, 0.2) is 0 Å². The molecule has 92 valence electrons. The fourth-order valence-electron chi connectivity index (χ4n) is 2.14. The maximum Gasteiger partial charge on any atom is 0.318 e. The third-order valence-electron chi connectivity index (χ3n) is 3.35. The number of hydrogen-bond acceptors (Lipinski definition) is 1. The first kappa shape index (κ1) is 12.4. The Morgan fingerprint density at radius 2 is 1.94 bits per heavy atom. The predicted molar refractivity (Wildman–Crippen MR) is 72.4 cm³/mol. The molecule has 0 bridgehead atoms. The summed E-state index contributed by atoms with van der Waals surface area (Å²) in [7, 11) is 0. The molecular formula is C16H16O2. The van der Waals surface area contributed by atoms with Crippen molar-refractivity contribution in [3.05, 3.63) is 71.8 Å². The molecule has 0 aliphatic heterocycles. The lowest BCUT2D eigenvalue weighted by Crippen LogP contribution is -2.34. The number of hydrogen-bond donors (Lipinski definition) is 1. The third kappa shape index (κ3) is 2.14. The normalized spacial score (nSPS) is 17.7. The zero-order valence-electron chi connectivity index (χ0n) is 10.3. The summed E-state index contributed by atoms with van der Waals surface area (Å²) in [5, 5.41) is 9.63. The summed E-state index contributed by atoms with van der Waals surface area (Å²) in [6, 6.07) is 9.36. The zero-order chi connectivity index (χ0) is 13.0. The Kier molecular flexibility index (Phi) is 3.47. The largest absolute Gasteiger partial charge is 0.480 e. The fraction of sp³-hybridized carbons (Fsp3) is 0.188. The van der Waals surface area contributed by atoms with Gasteiger partial charge in [0.2, 0.25) is 0 Å². The van der Waals surface area contributed by atoms with Crippen molar-refractivity contribution in [2.45, 2.75) is 18.8 Å². The van der Waals surface area contributed by atoms with Crippen LogP contribution in [-0.2, 0) is 10.2 Å². The van der Waals surface area contributed by atoms with E-state index in [0.29, 0.717) is 0 Å². The summed E-state index contributed by atoms with van der Waals surface area (Å²) >= 11 is 0. The van der Waals surface area contributed by atoms with Crippen LogP contribution < -0.4 is 0 Å². The van der Waals surface area contributed by atoms with Crippen LogP contribution in [0.25, 0.3) is 0 Å². The van der Waals surface area contributed by atoms with Gasteiger partial charge in [-0.15, -0.1) is 0 Å². The van der Waals surface area contributed by atoms with Crippen LogP contribution in [0, 0.1) is 0 Å². The molecule has 0 saturated heterocycles. The molecule has 0 fully saturated rings. The minimum absolute atomic E-state index is 0.762. The summed E-state index contributed by atoms with van der Waals surface area (Å²) in [5.74, 6) is -0.827. The monoisotopic (exact) mass is 240 g/mol. The van der Waals surface area contributed by atoms with Crippen molar-refractivity contribution < 1.29 is 9.90 Å². The Morgan fingerprint density at radius 3 is 2.61 bits per heavy atom. The summed E-state index contributed by atoms with van der Waals surface area (Å²) in [6.45, 7) is 1.76. The SMILES string of the molecule is CC(C(=O)O)(C1=CCC=CC=C1)c1ccccc1. The van der Waals surface area contributed by atoms with Gasteiger partial charge in [0, 0.05) is 0 Å². The number of carboxylic acid groups (broad SMARTS) is 1. The number of rotatable bonds is 3. The Balaban J connectivity index is 2.52. The van der Waals surface area contributed by atoms with Crippen LogP contribution in [0.5, 0.6) is 0 Å². The smallest absolute Gasteiger partial charge is 0.318 e. The summed E-state index contributed by atoms with van der Waals surface area (Å²) in [6.07, 6.45) is 10.5. The van der Waals surface area contributed by atoms with Crippen molar-refractivity contribution in [1.82, 2.24) is 0 Å². The van der Waals surface area contributed by atoms with Crippen molar-refractivity contribution in [2.75, 3.05) is 0 Å². The van der Waals surface area contributed by atoms with E-state index in [-0.39, 0.29) is 0 Å². The molecule has 1 aliphatic carbocycles. The highest BCUT2D eigenvalue weighted by molar-refractivity contribution is 5.86. The van der Waals surface area contributed by atoms with E-state index in [4.69, 9.17) is 0 Å². The van der Waals surface area contributed by atoms with Gasteiger partial charge >= 0.3 is 5.97 Å². The van der Waals surface area contributed by atoms with Crippen LogP contribution in [-0.4, -0.2) is 11.1 Å². The van der Waals surface area contributed by atoms with Gasteiger partial charge in [-0.1, -0.05) is 60.7 Å². The second kappa shape index (κ2) is 5.05. The molecule has 2 nitrogen and oxygen atoms in total. The maximum atomic E-state index is 11.7. The van der Waals surface area contributed by atoms with Crippen molar-refractivity contribution in [2.24, 2.45) is 0 Å². The highest BCUT2D eigenvalue weighted by Gasteiger charge is 2.37. The molecular weight excluding hydrogens is 224 g/mol. The molecule has 0 radical (unpaired) electrons. The highest BCUT2D eigenvalue weighted by atomic mass is 16.4. The van der Waals surface area contributed by atoms with Gasteiger partial charge in [0.05, 0.1) is 0 Å². The van der Waals surface area contributed by atoms with Gasteiger partial charge in [0.1, 0.15) is 5.41 Å². The summed E-state index contributed by atoms with van der Waals surface area (Å²) in [4.78, 5) is 11.7. The Morgan fingerprint density at radius 1 is 1.22 bits per heavy atom. The van der Waals surface area contributed by atoms with Crippen molar-refractivity contribution in [3.8, 4) is 0 Å². The molecule has 0 heterocycles. The third-order valence-corrected chi connectivity index (χ3v) is 3.35. The van der Waals surface area contributed by atoms with Crippen LogP contribution in [0.15, 0.2) is 66.3 Å². The molecule has 18 heavy (non-hydrogen) atoms. The molecule has 2 heteroatoms. The van der Waals surface area contributed by atoms with Gasteiger partial charge in [-0.05, 0) is 24.5 Å². The van der Waals surface area contributed by atoms with E-state index in [0.717, 1.165) is 17.6 Å². The zero-order valence-corrected chi connectivity index (χ0v) is 10.3. The molecule has 1 atom stereocenters. The number of aliphatic carboxylic acids is 1. The van der Waals surface area contributed by atoms with Crippen molar-refractivity contribution >= 4 is 5.97 Å². The first-order valence-corrected chi connectivity index (χ1v) is 5.98. The number of benzene rings is 1. The second-order valence-corrected chi connectivity index (χ2v) is 4.48. The second-order valence-electron chi connectivity index (χ2n) is 4.48. The Hall–Kier alpha value is -2.09. The molecule has 1 N–H and O–H groups in total. The fourth-order valence-corrected chi connectivity index (χ4v) is 2.14. The molecule has 0 amide bonds. The minimum Gasteiger partial charge on any atom is -0.480 e. The van der Waals surface area contributed by atoms with Crippen LogP contribution in [0.4, 0.5) is 0 Å². The Bertz CT molecular complexity index is 523. The quantitative estimate of drug-likeness (QED) is 0.878. The first-order chi connectivity index (χ1) is 8.65. The molecule has 1 aromatic rings. The van der Waals surface area contributed by atoms with Crippen molar-refractivity contribution in [3.63, 3.8) is 0 Å². The molecule has 1 aromatic carbocycles. The average molecular weight is 240 g/mol. The standard InChI is InChI=1S/C16H16O2/c1-16(15(17)18,14-11-7-4-8-12-14)13-9-5-2-3-6-10-13/h2-5,7-12H,6H2,1H3,(H,17,18). The van der Waals surface area contributed by atoms with E-state index in [1.54, 1.807) is 6.92 Å². The van der Waals surface area contributed by atoms with Crippen LogP contribution in [0.2, 0.25) is 0 Å². The Labute approximate surface area is 107 Å². The summed E-state index contributed by atoms with van der Waals surface area (Å²) in [5.41, 5.74) is 0.630. The lowest BCUT2D eigenvalue weighted by Gasteiger charge is -2.27. The molecule has 2 rings (SSSR count). The number of carbonyl (C=O) groups is 1. The van der Waals surface area contributed by atoms with Crippen molar-refractivity contribution in [1.29, 1.82) is 0 Å².